The van der Waals surface area contributed by atoms with Crippen LogP contribution < -0.4 is 5.32 Å². The van der Waals surface area contributed by atoms with Crippen LogP contribution in [0.4, 0.5) is 0 Å². The molecule has 1 aromatic rings. The van der Waals surface area contributed by atoms with Crippen LogP contribution >= 0.6 is 0 Å². The number of carbonyl (C=O) groups is 3. The number of benzene rings is 1. The maximum Gasteiger partial charge on any atom is 0.312 e. The number of piperazine rings is 1. The molecule has 0 saturated carbocycles. The van der Waals surface area contributed by atoms with Gasteiger partial charge in [0.1, 0.15) is 6.54 Å². The lowest BCUT2D eigenvalue weighted by molar-refractivity contribution is -0.157. The molecule has 122 valence electrons. The molecule has 1 N–H and O–H groups in total. The summed E-state index contributed by atoms with van der Waals surface area (Å²) >= 11 is 0. The van der Waals surface area contributed by atoms with Gasteiger partial charge >= 0.3 is 11.8 Å². The molecule has 3 amide bonds. The minimum atomic E-state index is -0.627. The van der Waals surface area contributed by atoms with Gasteiger partial charge in [0.05, 0.1) is 0 Å². The van der Waals surface area contributed by atoms with Crippen LogP contribution in [0.25, 0.3) is 0 Å². The molecule has 1 aromatic carbocycles. The highest BCUT2D eigenvalue weighted by atomic mass is 16.2. The molecule has 2 rings (SSSR count). The minimum absolute atomic E-state index is 0.100. The number of carbonyl (C=O) groups excluding carboxylic acids is 3. The molecule has 23 heavy (non-hydrogen) atoms. The summed E-state index contributed by atoms with van der Waals surface area (Å²) in [4.78, 5) is 38.8. The molecule has 6 nitrogen and oxygen atoms in total. The maximum atomic E-state index is 12.2. The van der Waals surface area contributed by atoms with Gasteiger partial charge in [0.25, 0.3) is 0 Å². The summed E-state index contributed by atoms with van der Waals surface area (Å²) in [5, 5.41) is 2.60. The van der Waals surface area contributed by atoms with Crippen LogP contribution in [0.2, 0.25) is 0 Å². The lowest BCUT2D eigenvalue weighted by atomic mass is 10.1. The molecule has 1 aliphatic heterocycles. The predicted octanol–water partition coefficient (Wildman–Crippen LogP) is 0.468. The van der Waals surface area contributed by atoms with Crippen LogP contribution in [0.5, 0.6) is 0 Å². The van der Waals surface area contributed by atoms with Gasteiger partial charge in [-0.25, -0.2) is 0 Å². The van der Waals surface area contributed by atoms with E-state index in [9.17, 15) is 14.4 Å². The Kier molecular flexibility index (Phi) is 5.51. The van der Waals surface area contributed by atoms with Gasteiger partial charge in [-0.05, 0) is 12.5 Å². The van der Waals surface area contributed by atoms with E-state index in [1.54, 1.807) is 6.08 Å². The quantitative estimate of drug-likeness (QED) is 0.613. The molecule has 0 aliphatic carbocycles. The monoisotopic (exact) mass is 315 g/mol. The summed E-state index contributed by atoms with van der Waals surface area (Å²) in [7, 11) is 0. The van der Waals surface area contributed by atoms with Crippen molar-refractivity contribution >= 4 is 17.7 Å². The molecule has 6 heteroatoms. The molecular formula is C17H21N3O3. The van der Waals surface area contributed by atoms with E-state index in [1.165, 1.54) is 9.80 Å². The van der Waals surface area contributed by atoms with Crippen LogP contribution in [0.3, 0.4) is 0 Å². The Morgan fingerprint density at radius 3 is 2.65 bits per heavy atom. The Morgan fingerprint density at radius 2 is 1.96 bits per heavy atom. The van der Waals surface area contributed by atoms with Crippen molar-refractivity contribution in [2.24, 2.45) is 0 Å². The topological polar surface area (TPSA) is 69.7 Å². The number of nitrogens with zero attached hydrogens (tertiary/aromatic N) is 2. The molecule has 0 aromatic heterocycles. The standard InChI is InChI=1S/C17H21N3O3/c1-3-7-18-15(21)12-20-9-8-19(16(22)17(20)23)11-14-6-4-5-13(2)10-14/h3-6,10H,1,7-9,11-12H2,2H3,(H,18,21). The zero-order valence-electron chi connectivity index (χ0n) is 13.2. The molecule has 0 bridgehead atoms. The van der Waals surface area contributed by atoms with Crippen molar-refractivity contribution in [1.82, 2.24) is 15.1 Å². The van der Waals surface area contributed by atoms with E-state index in [0.29, 0.717) is 26.2 Å². The van der Waals surface area contributed by atoms with Crippen LogP contribution in [0, 0.1) is 6.92 Å². The zero-order valence-corrected chi connectivity index (χ0v) is 13.2. The number of rotatable bonds is 6. The maximum absolute atomic E-state index is 12.2. The first-order valence-corrected chi connectivity index (χ1v) is 7.52. The molecule has 0 spiro atoms. The van der Waals surface area contributed by atoms with Crippen molar-refractivity contribution in [2.75, 3.05) is 26.2 Å². The summed E-state index contributed by atoms with van der Waals surface area (Å²) in [5.41, 5.74) is 2.10. The van der Waals surface area contributed by atoms with E-state index in [0.717, 1.165) is 11.1 Å². The Balaban J connectivity index is 1.94. The van der Waals surface area contributed by atoms with Gasteiger partial charge in [-0.2, -0.15) is 0 Å². The average molecular weight is 315 g/mol. The van der Waals surface area contributed by atoms with E-state index in [2.05, 4.69) is 11.9 Å². The molecule has 1 fully saturated rings. The first-order chi connectivity index (χ1) is 11.0. The second-order valence-corrected chi connectivity index (χ2v) is 5.54. The number of aryl methyl sites for hydroxylation is 1. The lowest BCUT2D eigenvalue weighted by Gasteiger charge is -2.33. The Bertz CT molecular complexity index is 627. The highest BCUT2D eigenvalue weighted by Crippen LogP contribution is 2.12. The van der Waals surface area contributed by atoms with Gasteiger partial charge in [0.15, 0.2) is 0 Å². The Labute approximate surface area is 135 Å². The van der Waals surface area contributed by atoms with Crippen LogP contribution in [-0.2, 0) is 20.9 Å². The summed E-state index contributed by atoms with van der Waals surface area (Å²) in [5.74, 6) is -1.48. The summed E-state index contributed by atoms with van der Waals surface area (Å²) < 4.78 is 0. The van der Waals surface area contributed by atoms with Gasteiger partial charge in [-0.15, -0.1) is 6.58 Å². The SMILES string of the molecule is C=CCNC(=O)CN1CCN(Cc2cccc(C)c2)C(=O)C1=O. The number of hydrogen-bond donors (Lipinski definition) is 1. The third kappa shape index (κ3) is 4.42. The summed E-state index contributed by atoms with van der Waals surface area (Å²) in [6, 6.07) is 7.83. The van der Waals surface area contributed by atoms with Crippen molar-refractivity contribution in [2.45, 2.75) is 13.5 Å². The van der Waals surface area contributed by atoms with Crippen molar-refractivity contribution < 1.29 is 14.4 Å². The summed E-state index contributed by atoms with van der Waals surface area (Å²) in [6.45, 7) is 6.92. The normalized spacial score (nSPS) is 14.8. The second-order valence-electron chi connectivity index (χ2n) is 5.54. The van der Waals surface area contributed by atoms with Crippen molar-refractivity contribution in [3.05, 3.63) is 48.0 Å². The first-order valence-electron chi connectivity index (χ1n) is 7.52. The van der Waals surface area contributed by atoms with Crippen LogP contribution in [0.15, 0.2) is 36.9 Å². The molecule has 0 unspecified atom stereocenters. The smallest absolute Gasteiger partial charge is 0.312 e. The number of nitrogens with one attached hydrogen (secondary N) is 1. The average Bonchev–Trinajstić information content (AvgIpc) is 2.52. The third-order valence-corrected chi connectivity index (χ3v) is 3.63. The van der Waals surface area contributed by atoms with Gasteiger partial charge in [0.2, 0.25) is 5.91 Å². The Morgan fingerprint density at radius 1 is 1.26 bits per heavy atom. The van der Waals surface area contributed by atoms with Crippen molar-refractivity contribution in [1.29, 1.82) is 0 Å². The molecule has 1 heterocycles. The second kappa shape index (κ2) is 7.58. The van der Waals surface area contributed by atoms with E-state index >= 15 is 0 Å². The van der Waals surface area contributed by atoms with E-state index in [1.807, 2.05) is 31.2 Å². The van der Waals surface area contributed by atoms with Gasteiger partial charge < -0.3 is 15.1 Å². The molecule has 0 atom stereocenters. The first kappa shape index (κ1) is 16.7. The molecule has 0 radical (unpaired) electrons. The predicted molar refractivity (Wildman–Crippen MR) is 86.4 cm³/mol. The highest BCUT2D eigenvalue weighted by molar-refractivity contribution is 6.35. The zero-order chi connectivity index (χ0) is 16.8. The van der Waals surface area contributed by atoms with E-state index in [-0.39, 0.29) is 12.5 Å². The molecule has 1 aliphatic rings. The lowest BCUT2D eigenvalue weighted by Crippen LogP contribution is -2.55. The van der Waals surface area contributed by atoms with Gasteiger partial charge in [0, 0.05) is 26.2 Å². The van der Waals surface area contributed by atoms with Gasteiger partial charge in [-0.1, -0.05) is 35.9 Å². The molecule has 1 saturated heterocycles. The number of hydrogen-bond acceptors (Lipinski definition) is 3. The van der Waals surface area contributed by atoms with Gasteiger partial charge in [-0.3, -0.25) is 14.4 Å². The van der Waals surface area contributed by atoms with E-state index in [4.69, 9.17) is 0 Å². The van der Waals surface area contributed by atoms with Crippen molar-refractivity contribution in [3.63, 3.8) is 0 Å². The summed E-state index contributed by atoms with van der Waals surface area (Å²) in [6.07, 6.45) is 1.56. The van der Waals surface area contributed by atoms with Crippen molar-refractivity contribution in [3.8, 4) is 0 Å². The van der Waals surface area contributed by atoms with Crippen LogP contribution in [-0.4, -0.2) is 53.7 Å². The fourth-order valence-corrected chi connectivity index (χ4v) is 2.46. The highest BCUT2D eigenvalue weighted by Gasteiger charge is 2.33. The minimum Gasteiger partial charge on any atom is -0.351 e. The number of amides is 3. The fourth-order valence-electron chi connectivity index (χ4n) is 2.46. The molecular weight excluding hydrogens is 294 g/mol. The van der Waals surface area contributed by atoms with Crippen LogP contribution in [0.1, 0.15) is 11.1 Å². The third-order valence-electron chi connectivity index (χ3n) is 3.63. The van der Waals surface area contributed by atoms with E-state index < -0.39 is 11.8 Å². The Hall–Kier alpha value is -2.63. The largest absolute Gasteiger partial charge is 0.351 e. The fraction of sp³-hybridized carbons (Fsp3) is 0.353.